The van der Waals surface area contributed by atoms with Crippen molar-refractivity contribution in [2.24, 2.45) is 0 Å². The molecule has 0 fully saturated rings. The number of carbonyl (C=O) groups excluding carboxylic acids is 1. The van der Waals surface area contributed by atoms with Crippen molar-refractivity contribution in [3.63, 3.8) is 0 Å². The van der Waals surface area contributed by atoms with Crippen molar-refractivity contribution in [3.05, 3.63) is 30.2 Å². The Labute approximate surface area is 77.2 Å². The first-order valence-electron chi connectivity index (χ1n) is 3.80. The maximum atomic E-state index is 12.0. The fourth-order valence-electron chi connectivity index (χ4n) is 1.06. The van der Waals surface area contributed by atoms with E-state index in [9.17, 15) is 13.6 Å². The molecule has 6 heteroatoms. The van der Waals surface area contributed by atoms with E-state index < -0.39 is 12.2 Å². The summed E-state index contributed by atoms with van der Waals surface area (Å²) < 4.78 is 25.3. The van der Waals surface area contributed by atoms with Crippen LogP contribution in [-0.2, 0) is 0 Å². The van der Waals surface area contributed by atoms with E-state index >= 15 is 0 Å². The van der Waals surface area contributed by atoms with Gasteiger partial charge < -0.3 is 0 Å². The summed E-state index contributed by atoms with van der Waals surface area (Å²) in [7, 11) is 0. The van der Waals surface area contributed by atoms with Crippen molar-refractivity contribution in [1.29, 1.82) is 0 Å². The van der Waals surface area contributed by atoms with Crippen LogP contribution in [0, 0.1) is 0 Å². The number of alkyl halides is 2. The third-order valence-electron chi connectivity index (χ3n) is 1.73. The molecule has 2 rings (SSSR count). The molecule has 0 aromatic carbocycles. The van der Waals surface area contributed by atoms with E-state index in [0.717, 1.165) is 6.20 Å². The number of nitrogens with zero attached hydrogens (tertiary/aromatic N) is 3. The highest BCUT2D eigenvalue weighted by atomic mass is 19.3. The molecule has 4 nitrogen and oxygen atoms in total. The van der Waals surface area contributed by atoms with Gasteiger partial charge in [-0.2, -0.15) is 5.10 Å². The van der Waals surface area contributed by atoms with Crippen LogP contribution in [0.1, 0.15) is 10.4 Å². The van der Waals surface area contributed by atoms with Crippen LogP contribution < -0.4 is 0 Å². The van der Waals surface area contributed by atoms with Crippen LogP contribution in [0.15, 0.2) is 24.7 Å². The molecule has 0 amide bonds. The van der Waals surface area contributed by atoms with Gasteiger partial charge in [0.25, 0.3) is 0 Å². The Kier molecular flexibility index (Phi) is 1.95. The van der Waals surface area contributed by atoms with Gasteiger partial charge in [0.05, 0.1) is 11.8 Å². The first-order valence-corrected chi connectivity index (χ1v) is 3.80. The molecule has 0 aliphatic rings. The lowest BCUT2D eigenvalue weighted by Gasteiger charge is -1.99. The van der Waals surface area contributed by atoms with Crippen LogP contribution in [0.2, 0.25) is 0 Å². The molecule has 72 valence electrons. The van der Waals surface area contributed by atoms with E-state index in [4.69, 9.17) is 0 Å². The van der Waals surface area contributed by atoms with Crippen LogP contribution in [0.25, 0.3) is 5.65 Å². The summed E-state index contributed by atoms with van der Waals surface area (Å²) >= 11 is 0. The third kappa shape index (κ3) is 1.34. The first-order chi connectivity index (χ1) is 6.68. The number of halogens is 2. The van der Waals surface area contributed by atoms with E-state index in [-0.39, 0.29) is 5.56 Å². The van der Waals surface area contributed by atoms with E-state index in [0.29, 0.717) is 5.65 Å². The normalized spacial score (nSPS) is 11.1. The van der Waals surface area contributed by atoms with Crippen LogP contribution in [0.5, 0.6) is 0 Å². The minimum atomic E-state index is -3.01. The molecule has 0 saturated carbocycles. The SMILES string of the molecule is O=C(c1cnc2ccnn2c1)C(F)F. The third-order valence-corrected chi connectivity index (χ3v) is 1.73. The molecule has 0 spiro atoms. The predicted octanol–water partition coefficient (Wildman–Crippen LogP) is 1.18. The highest BCUT2D eigenvalue weighted by Gasteiger charge is 2.18. The van der Waals surface area contributed by atoms with Gasteiger partial charge in [-0.3, -0.25) is 4.79 Å². The number of ketones is 1. The Morgan fingerprint density at radius 2 is 2.29 bits per heavy atom. The van der Waals surface area contributed by atoms with E-state index in [2.05, 4.69) is 10.1 Å². The Morgan fingerprint density at radius 1 is 1.50 bits per heavy atom. The smallest absolute Gasteiger partial charge is 0.288 e. The maximum absolute atomic E-state index is 12.0. The number of fused-ring (bicyclic) bond motifs is 1. The first kappa shape index (κ1) is 8.74. The van der Waals surface area contributed by atoms with E-state index in [1.54, 1.807) is 6.07 Å². The monoisotopic (exact) mass is 197 g/mol. The Balaban J connectivity index is 2.48. The average Bonchev–Trinajstić information content (AvgIpc) is 2.62. The fourth-order valence-corrected chi connectivity index (χ4v) is 1.06. The summed E-state index contributed by atoms with van der Waals surface area (Å²) in [6.07, 6.45) is 0.811. The molecule has 0 aliphatic carbocycles. The Hall–Kier alpha value is -1.85. The van der Waals surface area contributed by atoms with Crippen molar-refractivity contribution in [2.75, 3.05) is 0 Å². The largest absolute Gasteiger partial charge is 0.300 e. The number of hydrogen-bond donors (Lipinski definition) is 0. The lowest BCUT2D eigenvalue weighted by molar-refractivity contribution is 0.0677. The number of aromatic nitrogens is 3. The van der Waals surface area contributed by atoms with E-state index in [1.807, 2.05) is 0 Å². The van der Waals surface area contributed by atoms with Gasteiger partial charge >= 0.3 is 6.43 Å². The van der Waals surface area contributed by atoms with Gasteiger partial charge in [0, 0.05) is 18.5 Å². The van der Waals surface area contributed by atoms with Gasteiger partial charge in [-0.1, -0.05) is 0 Å². The highest BCUT2D eigenvalue weighted by molar-refractivity contribution is 5.98. The second kappa shape index (κ2) is 3.13. The summed E-state index contributed by atoms with van der Waals surface area (Å²) in [6.45, 7) is 0. The van der Waals surface area contributed by atoms with Crippen LogP contribution in [0.3, 0.4) is 0 Å². The number of hydrogen-bond acceptors (Lipinski definition) is 3. The molecule has 2 aromatic heterocycles. The zero-order valence-corrected chi connectivity index (χ0v) is 6.89. The van der Waals surface area contributed by atoms with Gasteiger partial charge in [-0.25, -0.2) is 18.3 Å². The molecule has 2 heterocycles. The van der Waals surface area contributed by atoms with Crippen molar-refractivity contribution in [1.82, 2.24) is 14.6 Å². The van der Waals surface area contributed by atoms with Gasteiger partial charge in [-0.05, 0) is 0 Å². The second-order valence-corrected chi connectivity index (χ2v) is 2.64. The molecule has 2 aromatic rings. The Bertz CT molecular complexity index is 480. The number of carbonyl (C=O) groups is 1. The molecule has 14 heavy (non-hydrogen) atoms. The maximum Gasteiger partial charge on any atom is 0.300 e. The van der Waals surface area contributed by atoms with Gasteiger partial charge in [-0.15, -0.1) is 0 Å². The van der Waals surface area contributed by atoms with Crippen molar-refractivity contribution in [2.45, 2.75) is 6.43 Å². The minimum Gasteiger partial charge on any atom is -0.288 e. The molecule has 0 radical (unpaired) electrons. The second-order valence-electron chi connectivity index (χ2n) is 2.64. The summed E-state index contributed by atoms with van der Waals surface area (Å²) in [5.41, 5.74) is 0.368. The van der Waals surface area contributed by atoms with Crippen LogP contribution in [-0.4, -0.2) is 26.8 Å². The summed E-state index contributed by atoms with van der Waals surface area (Å²) in [4.78, 5) is 14.7. The quantitative estimate of drug-likeness (QED) is 0.679. The zero-order chi connectivity index (χ0) is 10.1. The van der Waals surface area contributed by atoms with Gasteiger partial charge in [0.2, 0.25) is 5.78 Å². The average molecular weight is 197 g/mol. The Morgan fingerprint density at radius 3 is 3.00 bits per heavy atom. The molecule has 0 atom stereocenters. The zero-order valence-electron chi connectivity index (χ0n) is 6.89. The molecule has 0 aliphatic heterocycles. The summed E-state index contributed by atoms with van der Waals surface area (Å²) in [5, 5.41) is 3.78. The minimum absolute atomic E-state index is 0.142. The molecular weight excluding hydrogens is 192 g/mol. The van der Waals surface area contributed by atoms with Crippen molar-refractivity contribution < 1.29 is 13.6 Å². The summed E-state index contributed by atoms with van der Waals surface area (Å²) in [5.74, 6) is -1.24. The molecule has 0 saturated heterocycles. The number of Topliss-reactive ketones (excluding diaryl/α,β-unsaturated/α-hetero) is 1. The van der Waals surface area contributed by atoms with Gasteiger partial charge in [0.1, 0.15) is 0 Å². The van der Waals surface area contributed by atoms with Gasteiger partial charge in [0.15, 0.2) is 5.65 Å². The van der Waals surface area contributed by atoms with E-state index in [1.165, 1.54) is 16.9 Å². The van der Waals surface area contributed by atoms with Crippen LogP contribution in [0.4, 0.5) is 8.78 Å². The highest BCUT2D eigenvalue weighted by Crippen LogP contribution is 2.07. The fraction of sp³-hybridized carbons (Fsp3) is 0.125. The standard InChI is InChI=1S/C8H5F2N3O/c9-8(10)7(14)5-3-11-6-1-2-12-13(6)4-5/h1-4,8H. The molecule has 0 bridgehead atoms. The topological polar surface area (TPSA) is 47.3 Å². The van der Waals surface area contributed by atoms with Crippen molar-refractivity contribution >= 4 is 11.4 Å². The predicted molar refractivity (Wildman–Crippen MR) is 43.3 cm³/mol. The number of rotatable bonds is 2. The molecular formula is C8H5F2N3O. The lowest BCUT2D eigenvalue weighted by atomic mass is 10.2. The molecule has 0 unspecified atom stereocenters. The lowest BCUT2D eigenvalue weighted by Crippen LogP contribution is -2.11. The van der Waals surface area contributed by atoms with Crippen LogP contribution >= 0.6 is 0 Å². The summed E-state index contributed by atoms with van der Waals surface area (Å²) in [6, 6.07) is 1.61. The van der Waals surface area contributed by atoms with Crippen molar-refractivity contribution in [3.8, 4) is 0 Å². The molecule has 0 N–H and O–H groups in total.